The van der Waals surface area contributed by atoms with Crippen LogP contribution in [0.4, 0.5) is 0 Å². The Bertz CT molecular complexity index is 480. The maximum absolute atomic E-state index is 12.7. The van der Waals surface area contributed by atoms with Gasteiger partial charge in [0.15, 0.2) is 0 Å². The van der Waals surface area contributed by atoms with Gasteiger partial charge in [-0.3, -0.25) is 4.79 Å². The maximum atomic E-state index is 12.7. The van der Waals surface area contributed by atoms with Crippen LogP contribution in [0.1, 0.15) is 23.2 Å². The molecule has 1 aromatic rings. The Hall–Kier alpha value is -0.910. The van der Waals surface area contributed by atoms with Gasteiger partial charge in [-0.05, 0) is 49.7 Å². The first kappa shape index (κ1) is 15.0. The lowest BCUT2D eigenvalue weighted by atomic mass is 9.72. The van der Waals surface area contributed by atoms with Crippen LogP contribution < -0.4 is 0 Å². The number of carbonyl (C=O) groups is 1. The highest BCUT2D eigenvalue weighted by atomic mass is 32.1. The fraction of sp³-hybridized carbons (Fsp3) is 0.688. The van der Waals surface area contributed by atoms with Crippen molar-refractivity contribution in [2.75, 3.05) is 46.9 Å². The molecule has 3 heterocycles. The highest BCUT2D eigenvalue weighted by Crippen LogP contribution is 2.44. The van der Waals surface area contributed by atoms with Crippen LogP contribution in [0, 0.1) is 11.3 Å². The fourth-order valence-corrected chi connectivity index (χ4v) is 4.42. The summed E-state index contributed by atoms with van der Waals surface area (Å²) in [5, 5.41) is 3.93. The van der Waals surface area contributed by atoms with Gasteiger partial charge in [0.2, 0.25) is 0 Å². The van der Waals surface area contributed by atoms with Gasteiger partial charge in [0, 0.05) is 38.2 Å². The number of nitrogens with zero attached hydrogens (tertiary/aromatic N) is 2. The van der Waals surface area contributed by atoms with Crippen molar-refractivity contribution in [2.45, 2.75) is 12.8 Å². The Balaban J connectivity index is 1.78. The Morgan fingerprint density at radius 1 is 1.48 bits per heavy atom. The third-order valence-corrected chi connectivity index (χ3v) is 5.63. The predicted molar refractivity (Wildman–Crippen MR) is 84.8 cm³/mol. The first-order chi connectivity index (χ1) is 10.1. The summed E-state index contributed by atoms with van der Waals surface area (Å²) in [6.07, 6.45) is 2.16. The second-order valence-corrected chi connectivity index (χ2v) is 7.41. The van der Waals surface area contributed by atoms with Gasteiger partial charge < -0.3 is 14.5 Å². The fourth-order valence-electron chi connectivity index (χ4n) is 3.79. The van der Waals surface area contributed by atoms with Crippen molar-refractivity contribution in [1.82, 2.24) is 9.80 Å². The van der Waals surface area contributed by atoms with Crippen LogP contribution in [0.25, 0.3) is 0 Å². The second kappa shape index (κ2) is 6.07. The summed E-state index contributed by atoms with van der Waals surface area (Å²) >= 11 is 1.59. The van der Waals surface area contributed by atoms with Crippen LogP contribution in [0.2, 0.25) is 0 Å². The molecule has 21 heavy (non-hydrogen) atoms. The smallest absolute Gasteiger partial charge is 0.254 e. The van der Waals surface area contributed by atoms with Gasteiger partial charge in [-0.15, -0.1) is 0 Å². The molecule has 1 spiro atoms. The van der Waals surface area contributed by atoms with Crippen LogP contribution in [-0.4, -0.2) is 62.7 Å². The third kappa shape index (κ3) is 3.00. The van der Waals surface area contributed by atoms with Gasteiger partial charge in [0.05, 0.1) is 5.56 Å². The SMILES string of the molecule is CN(C)CC1CN(C(=O)c2ccsc2)CC12CCOCC2. The third-order valence-electron chi connectivity index (χ3n) is 4.94. The van der Waals surface area contributed by atoms with E-state index in [1.54, 1.807) is 11.3 Å². The number of ether oxygens (including phenoxy) is 1. The van der Waals surface area contributed by atoms with Gasteiger partial charge in [-0.1, -0.05) is 0 Å². The minimum absolute atomic E-state index is 0.198. The van der Waals surface area contributed by atoms with Crippen molar-refractivity contribution in [3.8, 4) is 0 Å². The van der Waals surface area contributed by atoms with E-state index in [-0.39, 0.29) is 11.3 Å². The summed E-state index contributed by atoms with van der Waals surface area (Å²) < 4.78 is 5.56. The van der Waals surface area contributed by atoms with Crippen molar-refractivity contribution < 1.29 is 9.53 Å². The molecular formula is C16H24N2O2S. The van der Waals surface area contributed by atoms with Crippen molar-refractivity contribution in [3.63, 3.8) is 0 Å². The molecular weight excluding hydrogens is 284 g/mol. The molecule has 1 unspecified atom stereocenters. The Morgan fingerprint density at radius 2 is 2.24 bits per heavy atom. The van der Waals surface area contributed by atoms with Crippen LogP contribution in [0.5, 0.6) is 0 Å². The van der Waals surface area contributed by atoms with Crippen LogP contribution in [0.3, 0.4) is 0 Å². The summed E-state index contributed by atoms with van der Waals surface area (Å²) in [6, 6.07) is 1.93. The zero-order valence-electron chi connectivity index (χ0n) is 12.9. The number of hydrogen-bond donors (Lipinski definition) is 0. The molecule has 1 amide bonds. The molecule has 1 aromatic heterocycles. The van der Waals surface area contributed by atoms with Crippen molar-refractivity contribution in [1.29, 1.82) is 0 Å². The number of hydrogen-bond acceptors (Lipinski definition) is 4. The molecule has 3 rings (SSSR count). The normalized spacial score (nSPS) is 24.9. The number of carbonyl (C=O) groups excluding carboxylic acids is 1. The highest BCUT2D eigenvalue weighted by molar-refractivity contribution is 7.08. The van der Waals surface area contributed by atoms with Gasteiger partial charge in [-0.25, -0.2) is 0 Å². The molecule has 0 bridgehead atoms. The predicted octanol–water partition coefficient (Wildman–Crippen LogP) is 2.18. The molecule has 0 N–H and O–H groups in total. The first-order valence-electron chi connectivity index (χ1n) is 7.65. The van der Waals surface area contributed by atoms with E-state index in [0.29, 0.717) is 5.92 Å². The average molecular weight is 308 g/mol. The number of likely N-dealkylation sites (tertiary alicyclic amines) is 1. The van der Waals surface area contributed by atoms with Gasteiger partial charge in [-0.2, -0.15) is 11.3 Å². The van der Waals surface area contributed by atoms with E-state index in [2.05, 4.69) is 23.9 Å². The monoisotopic (exact) mass is 308 g/mol. The summed E-state index contributed by atoms with van der Waals surface area (Å²) in [7, 11) is 4.24. The van der Waals surface area contributed by atoms with Gasteiger partial charge >= 0.3 is 0 Å². The lowest BCUT2D eigenvalue weighted by molar-refractivity contribution is -0.00451. The molecule has 0 aromatic carbocycles. The number of thiophene rings is 1. The Kier molecular flexibility index (Phi) is 4.33. The Labute approximate surface area is 130 Å². The standard InChI is InChI=1S/C16H24N2O2S/c1-17(2)9-14-10-18(15(19)13-3-8-21-11-13)12-16(14)4-6-20-7-5-16/h3,8,11,14H,4-7,9-10,12H2,1-2H3. The largest absolute Gasteiger partial charge is 0.381 e. The van der Waals surface area contributed by atoms with E-state index in [1.165, 1.54) is 0 Å². The van der Waals surface area contributed by atoms with E-state index in [9.17, 15) is 4.79 Å². The summed E-state index contributed by atoms with van der Waals surface area (Å²) in [6.45, 7) is 4.50. The molecule has 0 radical (unpaired) electrons. The van der Waals surface area contributed by atoms with E-state index < -0.39 is 0 Å². The topological polar surface area (TPSA) is 32.8 Å². The molecule has 4 nitrogen and oxygen atoms in total. The molecule has 5 heteroatoms. The van der Waals surface area contributed by atoms with E-state index in [4.69, 9.17) is 4.74 Å². The summed E-state index contributed by atoms with van der Waals surface area (Å²) in [5.74, 6) is 0.752. The summed E-state index contributed by atoms with van der Waals surface area (Å²) in [4.78, 5) is 17.0. The summed E-state index contributed by atoms with van der Waals surface area (Å²) in [5.41, 5.74) is 1.10. The van der Waals surface area contributed by atoms with E-state index in [1.807, 2.05) is 16.8 Å². The van der Waals surface area contributed by atoms with Crippen molar-refractivity contribution >= 4 is 17.2 Å². The lowest BCUT2D eigenvalue weighted by Crippen LogP contribution is -2.40. The maximum Gasteiger partial charge on any atom is 0.254 e. The zero-order valence-corrected chi connectivity index (χ0v) is 13.7. The highest BCUT2D eigenvalue weighted by Gasteiger charge is 2.48. The Morgan fingerprint density at radius 3 is 2.86 bits per heavy atom. The number of amides is 1. The molecule has 2 aliphatic rings. The first-order valence-corrected chi connectivity index (χ1v) is 8.59. The lowest BCUT2D eigenvalue weighted by Gasteiger charge is -2.38. The van der Waals surface area contributed by atoms with Crippen LogP contribution >= 0.6 is 11.3 Å². The molecule has 1 atom stereocenters. The van der Waals surface area contributed by atoms with E-state index in [0.717, 1.165) is 51.3 Å². The molecule has 2 fully saturated rings. The minimum atomic E-state index is 0.198. The van der Waals surface area contributed by atoms with Gasteiger partial charge in [0.1, 0.15) is 0 Å². The second-order valence-electron chi connectivity index (χ2n) is 6.63. The molecule has 116 valence electrons. The molecule has 2 aliphatic heterocycles. The van der Waals surface area contributed by atoms with Crippen LogP contribution in [-0.2, 0) is 4.74 Å². The quantitative estimate of drug-likeness (QED) is 0.858. The molecule has 0 saturated carbocycles. The molecule has 0 aliphatic carbocycles. The van der Waals surface area contributed by atoms with Gasteiger partial charge in [0.25, 0.3) is 5.91 Å². The zero-order chi connectivity index (χ0) is 14.9. The molecule has 2 saturated heterocycles. The van der Waals surface area contributed by atoms with Crippen molar-refractivity contribution in [2.24, 2.45) is 11.3 Å². The average Bonchev–Trinajstić information content (AvgIpc) is 3.09. The van der Waals surface area contributed by atoms with E-state index >= 15 is 0 Å². The van der Waals surface area contributed by atoms with Crippen LogP contribution in [0.15, 0.2) is 16.8 Å². The minimum Gasteiger partial charge on any atom is -0.381 e. The van der Waals surface area contributed by atoms with Crippen molar-refractivity contribution in [3.05, 3.63) is 22.4 Å². The number of rotatable bonds is 3.